The molecule has 0 saturated carbocycles. The van der Waals surface area contributed by atoms with Gasteiger partial charge in [-0.2, -0.15) is 13.2 Å². The fourth-order valence-corrected chi connectivity index (χ4v) is 10.5. The number of hydrogen-bond donors (Lipinski definition) is 3. The van der Waals surface area contributed by atoms with Crippen LogP contribution in [-0.4, -0.2) is 113 Å². The fourth-order valence-electron chi connectivity index (χ4n) is 8.35. The zero-order chi connectivity index (χ0) is 50.8. The molecule has 5 aromatic rings. The molecule has 0 spiro atoms. The molecule has 0 bridgehead atoms. The van der Waals surface area contributed by atoms with Crippen LogP contribution in [0.1, 0.15) is 76.2 Å². The van der Waals surface area contributed by atoms with Gasteiger partial charge in [0.2, 0.25) is 0 Å². The van der Waals surface area contributed by atoms with Gasteiger partial charge in [-0.05, 0) is 118 Å². The third-order valence-electron chi connectivity index (χ3n) is 12.1. The van der Waals surface area contributed by atoms with Gasteiger partial charge < -0.3 is 29.6 Å². The van der Waals surface area contributed by atoms with Gasteiger partial charge in [0.05, 0.1) is 22.3 Å². The van der Waals surface area contributed by atoms with Crippen molar-refractivity contribution in [3.8, 4) is 11.5 Å². The number of piperazine rings is 1. The Kier molecular flexibility index (Phi) is 15.2. The molecule has 3 heterocycles. The van der Waals surface area contributed by atoms with E-state index in [-0.39, 0.29) is 42.0 Å². The van der Waals surface area contributed by atoms with Gasteiger partial charge in [-0.25, -0.2) is 31.3 Å². The Balaban J connectivity index is 1.10. The Morgan fingerprint density at radius 2 is 1.66 bits per heavy atom. The molecule has 1 saturated heterocycles. The minimum atomic E-state index is -6.12. The molecule has 1 aliphatic carbocycles. The van der Waals surface area contributed by atoms with E-state index in [0.717, 1.165) is 51.0 Å². The first-order chi connectivity index (χ1) is 32.8. The van der Waals surface area contributed by atoms with Crippen LogP contribution in [0.5, 0.6) is 11.5 Å². The van der Waals surface area contributed by atoms with Crippen molar-refractivity contribution in [2.75, 3.05) is 63.1 Å². The van der Waals surface area contributed by atoms with Crippen LogP contribution in [-0.2, 0) is 24.6 Å². The molecule has 70 heavy (non-hydrogen) atoms. The smallest absolute Gasteiger partial charge is 0.455 e. The van der Waals surface area contributed by atoms with E-state index in [1.54, 1.807) is 51.2 Å². The summed E-state index contributed by atoms with van der Waals surface area (Å²) in [6.45, 7) is 13.2. The molecular formula is C49H57ClF3N7O8S2. The minimum Gasteiger partial charge on any atom is -0.455 e. The number of ether oxygens (including phenoxy) is 2. The minimum absolute atomic E-state index is 0.0379. The molecule has 1 fully saturated rings. The number of hydrogen-bond acceptors (Lipinski definition) is 12. The number of sulfone groups is 1. The molecule has 2 aliphatic rings. The van der Waals surface area contributed by atoms with E-state index in [2.05, 4.69) is 51.1 Å². The van der Waals surface area contributed by atoms with Gasteiger partial charge in [0, 0.05) is 81.2 Å². The van der Waals surface area contributed by atoms with E-state index in [4.69, 9.17) is 21.1 Å². The molecule has 15 nitrogen and oxygen atoms in total. The Morgan fingerprint density at radius 3 is 2.34 bits per heavy atom. The molecule has 0 atom stereocenters. The van der Waals surface area contributed by atoms with Crippen LogP contribution in [0.15, 0.2) is 101 Å². The summed E-state index contributed by atoms with van der Waals surface area (Å²) < 4.78 is 109. The summed E-state index contributed by atoms with van der Waals surface area (Å²) in [5.74, 6) is -1.00. The molecule has 2 aromatic heterocycles. The largest absolute Gasteiger partial charge is 0.501 e. The van der Waals surface area contributed by atoms with E-state index in [9.17, 15) is 39.6 Å². The number of aromatic nitrogens is 2. The van der Waals surface area contributed by atoms with E-state index < -0.39 is 58.4 Å². The Hall–Kier alpha value is -5.83. The maximum atomic E-state index is 14.0. The summed E-state index contributed by atoms with van der Waals surface area (Å²) in [6.07, 6.45) is 5.67. The van der Waals surface area contributed by atoms with Crippen LogP contribution in [0.3, 0.4) is 0 Å². The number of anilines is 2. The average Bonchev–Trinajstić information content (AvgIpc) is 3.76. The van der Waals surface area contributed by atoms with Gasteiger partial charge in [-0.1, -0.05) is 43.2 Å². The molecule has 0 unspecified atom stereocenters. The highest BCUT2D eigenvalue weighted by Gasteiger charge is 2.48. The summed E-state index contributed by atoms with van der Waals surface area (Å²) in [5, 5.41) is 4.00. The second-order valence-corrected chi connectivity index (χ2v) is 23.3. The van der Waals surface area contributed by atoms with Gasteiger partial charge in [0.1, 0.15) is 27.6 Å². The lowest BCUT2D eigenvalue weighted by atomic mass is 9.72. The van der Waals surface area contributed by atoms with E-state index in [1.165, 1.54) is 40.9 Å². The first-order valence-electron chi connectivity index (χ1n) is 22.7. The number of H-pyrrole nitrogens is 1. The number of sulfonamides is 1. The number of nitrogens with one attached hydrogen (secondary N) is 3. The third-order valence-corrected chi connectivity index (χ3v) is 15.2. The zero-order valence-electron chi connectivity index (χ0n) is 39.7. The molecule has 1 aliphatic heterocycles. The monoisotopic (exact) mass is 1030 g/mol. The second-order valence-electron chi connectivity index (χ2n) is 19.3. The highest BCUT2D eigenvalue weighted by molar-refractivity contribution is 7.92. The van der Waals surface area contributed by atoms with Gasteiger partial charge in [-0.3, -0.25) is 9.69 Å². The lowest BCUT2D eigenvalue weighted by Crippen LogP contribution is -2.47. The average molecular weight is 1030 g/mol. The number of amides is 2. The molecule has 3 aromatic carbocycles. The van der Waals surface area contributed by atoms with E-state index >= 15 is 0 Å². The summed E-state index contributed by atoms with van der Waals surface area (Å²) >= 11 is 6.23. The lowest BCUT2D eigenvalue weighted by Gasteiger charge is -2.39. The number of carbonyl (C=O) groups excluding carboxylic acids is 2. The summed E-state index contributed by atoms with van der Waals surface area (Å²) in [6, 6.07) is 18.2. The topological polar surface area (TPSA) is 183 Å². The number of carbonyl (C=O) groups is 2. The number of nitrogens with zero attached hydrogens (tertiary/aromatic N) is 4. The Bertz CT molecular complexity index is 3000. The highest BCUT2D eigenvalue weighted by Crippen LogP contribution is 2.44. The molecule has 7 rings (SSSR count). The number of benzene rings is 3. The van der Waals surface area contributed by atoms with Crippen LogP contribution in [0, 0.1) is 5.41 Å². The molecule has 21 heteroatoms. The van der Waals surface area contributed by atoms with Crippen LogP contribution in [0.2, 0.25) is 5.02 Å². The predicted octanol–water partition coefficient (Wildman–Crippen LogP) is 9.88. The van der Waals surface area contributed by atoms with Gasteiger partial charge >= 0.3 is 11.6 Å². The Labute approximate surface area is 411 Å². The first-order valence-corrected chi connectivity index (χ1v) is 26.0. The number of aromatic amines is 1. The SMILES string of the molecule is CN(CCCNc1ccc(S(=O)(=O)NC(=O)c2ccc(N3CCN(CC4=C(c5ccc(Cl)cc5)CC(C)(C)CC4)CC3)cc2Oc2cnc3[nH]ccc3c2)cc1S(=O)(=O)C(F)(F)F)C(=O)OC(C)(C)C. The number of pyridine rings is 1. The molecule has 0 radical (unpaired) electrons. The van der Waals surface area contributed by atoms with Crippen molar-refractivity contribution in [3.63, 3.8) is 0 Å². The van der Waals surface area contributed by atoms with Crippen LogP contribution in [0.4, 0.5) is 29.3 Å². The number of alkyl halides is 3. The van der Waals surface area contributed by atoms with E-state index in [1.807, 2.05) is 16.9 Å². The number of allylic oxidation sites excluding steroid dienone is 1. The fraction of sp³-hybridized carbons (Fsp3) is 0.408. The number of rotatable bonds is 15. The summed E-state index contributed by atoms with van der Waals surface area (Å²) in [4.78, 5) is 37.2. The quantitative estimate of drug-likeness (QED) is 0.0846. The van der Waals surface area contributed by atoms with Crippen molar-refractivity contribution in [1.29, 1.82) is 0 Å². The summed E-state index contributed by atoms with van der Waals surface area (Å²) in [7, 11) is -9.68. The van der Waals surface area contributed by atoms with Crippen molar-refractivity contribution < 1.29 is 49.1 Å². The normalized spacial score (nSPS) is 16.0. The van der Waals surface area contributed by atoms with Crippen LogP contribution in [0.25, 0.3) is 16.6 Å². The first kappa shape index (κ1) is 52.0. The lowest BCUT2D eigenvalue weighted by molar-refractivity contribution is -0.0436. The maximum Gasteiger partial charge on any atom is 0.501 e. The summed E-state index contributed by atoms with van der Waals surface area (Å²) in [5.41, 5.74) is -1.97. The van der Waals surface area contributed by atoms with Crippen LogP contribution < -0.4 is 19.7 Å². The van der Waals surface area contributed by atoms with Gasteiger partial charge in [0.15, 0.2) is 0 Å². The van der Waals surface area contributed by atoms with Crippen molar-refractivity contribution in [2.24, 2.45) is 5.41 Å². The second kappa shape index (κ2) is 20.5. The zero-order valence-corrected chi connectivity index (χ0v) is 42.1. The molecular weight excluding hydrogens is 971 g/mol. The molecule has 2 amide bonds. The van der Waals surface area contributed by atoms with Crippen molar-refractivity contribution in [1.82, 2.24) is 24.5 Å². The number of fused-ring (bicyclic) bond motifs is 1. The van der Waals surface area contributed by atoms with E-state index in [0.29, 0.717) is 40.9 Å². The predicted molar refractivity (Wildman–Crippen MR) is 264 cm³/mol. The van der Waals surface area contributed by atoms with Gasteiger partial charge in [-0.15, -0.1) is 0 Å². The van der Waals surface area contributed by atoms with Crippen LogP contribution >= 0.6 is 11.6 Å². The third kappa shape index (κ3) is 12.5. The number of halogens is 4. The van der Waals surface area contributed by atoms with Crippen molar-refractivity contribution >= 4 is 71.4 Å². The maximum absolute atomic E-state index is 14.0. The standard InChI is InChI=1S/C49H57ClF3N7O8S2/c1-47(2,3)68-46(62)58(6)21-7-19-54-41-15-13-38(28-43(41)69(63,64)49(51,52)53)70(65,66)57-45(61)39-14-12-36(27-42(39)67-37-26-33-17-20-55-44(33)56-30-37)60-24-22-59(23-25-60)31-34-16-18-48(4,5)29-40(34)32-8-10-35(50)11-9-32/h8-15,17,20,26-28,30,54H,7,16,18-19,21-25,29,31H2,1-6H3,(H,55,56)(H,57,61). The Morgan fingerprint density at radius 1 is 0.943 bits per heavy atom. The van der Waals surface area contributed by atoms with Crippen molar-refractivity contribution in [2.45, 2.75) is 81.2 Å². The van der Waals surface area contributed by atoms with Gasteiger partial charge in [0.25, 0.3) is 25.8 Å². The molecule has 376 valence electrons. The highest BCUT2D eigenvalue weighted by atomic mass is 35.5. The molecule has 3 N–H and O–H groups in total. The van der Waals surface area contributed by atoms with Crippen molar-refractivity contribution in [3.05, 3.63) is 107 Å².